The Morgan fingerprint density at radius 1 is 0.700 bits per heavy atom. The lowest BCUT2D eigenvalue weighted by molar-refractivity contribution is -0.870. The lowest BCUT2D eigenvalue weighted by atomic mass is 10.0. The van der Waals surface area contributed by atoms with Crippen LogP contribution in [0.1, 0.15) is 122 Å². The topological polar surface area (TPSA) is 134 Å². The molecular formula is C45H77Cl2N3O9P+. The number of halogens is 2. The first-order valence-corrected chi connectivity index (χ1v) is 24.5. The largest absolute Gasteiger partial charge is 0.472 e. The van der Waals surface area contributed by atoms with Crippen LogP contribution < -0.4 is 10.6 Å². The van der Waals surface area contributed by atoms with Gasteiger partial charge in [-0.3, -0.25) is 13.8 Å². The average Bonchev–Trinajstić information content (AvgIpc) is 3.20. The van der Waals surface area contributed by atoms with Crippen molar-refractivity contribution in [2.75, 3.05) is 86.2 Å². The minimum Gasteiger partial charge on any atom is -0.356 e. The van der Waals surface area contributed by atoms with Crippen molar-refractivity contribution in [2.45, 2.75) is 129 Å². The number of carbonyl (C=O) groups is 1. The zero-order valence-electron chi connectivity index (χ0n) is 37.1. The highest BCUT2D eigenvalue weighted by atomic mass is 35.5. The van der Waals surface area contributed by atoms with E-state index in [2.05, 4.69) is 17.6 Å². The molecule has 2 aromatic rings. The molecule has 0 aromatic heterocycles. The quantitative estimate of drug-likeness (QED) is 0.0258. The van der Waals surface area contributed by atoms with Gasteiger partial charge in [-0.2, -0.15) is 0 Å². The maximum absolute atomic E-state index is 12.7. The van der Waals surface area contributed by atoms with E-state index in [-0.39, 0.29) is 45.7 Å². The summed E-state index contributed by atoms with van der Waals surface area (Å²) in [5, 5.41) is 7.20. The van der Waals surface area contributed by atoms with E-state index in [1.54, 1.807) is 18.2 Å². The van der Waals surface area contributed by atoms with Gasteiger partial charge in [0.2, 0.25) is 5.91 Å². The summed E-state index contributed by atoms with van der Waals surface area (Å²) in [5.41, 5.74) is 2.16. The fourth-order valence-electron chi connectivity index (χ4n) is 6.21. The number of phosphoric ester groups is 1. The van der Waals surface area contributed by atoms with E-state index in [0.29, 0.717) is 59.4 Å². The monoisotopic (exact) mass is 904 g/mol. The smallest absolute Gasteiger partial charge is 0.356 e. The van der Waals surface area contributed by atoms with Gasteiger partial charge in [-0.25, -0.2) is 4.57 Å². The Morgan fingerprint density at radius 2 is 1.27 bits per heavy atom. The summed E-state index contributed by atoms with van der Waals surface area (Å²) in [5.74, 6) is -0.108. The van der Waals surface area contributed by atoms with E-state index in [4.69, 9.17) is 51.2 Å². The number of likely N-dealkylation sites (N-methyl/N-ethyl adjacent to an activating group) is 1. The van der Waals surface area contributed by atoms with Crippen molar-refractivity contribution < 1.29 is 46.7 Å². The number of nitrogens with one attached hydrogen (secondary N) is 2. The van der Waals surface area contributed by atoms with Gasteiger partial charge in [0.1, 0.15) is 32.8 Å². The second kappa shape index (κ2) is 33.7. The molecule has 0 aliphatic heterocycles. The lowest BCUT2D eigenvalue weighted by Crippen LogP contribution is -2.37. The molecule has 0 spiro atoms. The molecule has 2 atom stereocenters. The number of nitrogens with zero attached hydrogens (tertiary/aromatic N) is 1. The van der Waals surface area contributed by atoms with Crippen molar-refractivity contribution in [1.29, 1.82) is 0 Å². The summed E-state index contributed by atoms with van der Waals surface area (Å²) in [6.07, 6.45) is 20.6. The zero-order valence-corrected chi connectivity index (χ0v) is 39.5. The summed E-state index contributed by atoms with van der Waals surface area (Å²) in [6, 6.07) is 12.8. The van der Waals surface area contributed by atoms with Crippen molar-refractivity contribution in [3.8, 4) is 0 Å². The molecule has 0 aliphatic carbocycles. The zero-order chi connectivity index (χ0) is 43.7. The predicted octanol–water partition coefficient (Wildman–Crippen LogP) is 11.2. The molecule has 15 heteroatoms. The van der Waals surface area contributed by atoms with Crippen LogP contribution >= 0.6 is 31.0 Å². The Bertz CT molecular complexity index is 1430. The van der Waals surface area contributed by atoms with Gasteiger partial charge in [0.05, 0.1) is 56.5 Å². The Balaban J connectivity index is 1.61. The fraction of sp³-hybridized carbons (Fsp3) is 0.711. The minimum atomic E-state index is -4.29. The second-order valence-corrected chi connectivity index (χ2v) is 18.7. The summed E-state index contributed by atoms with van der Waals surface area (Å²) < 4.78 is 46.3. The van der Waals surface area contributed by atoms with Gasteiger partial charge >= 0.3 is 7.82 Å². The molecule has 2 aromatic carbocycles. The number of hydrogen-bond acceptors (Lipinski definition) is 9. The molecule has 0 bridgehead atoms. The summed E-state index contributed by atoms with van der Waals surface area (Å²) >= 11 is 12.7. The van der Waals surface area contributed by atoms with Crippen LogP contribution in [-0.4, -0.2) is 102 Å². The van der Waals surface area contributed by atoms with Crippen molar-refractivity contribution in [1.82, 2.24) is 5.32 Å². The first-order chi connectivity index (χ1) is 28.9. The number of quaternary nitrogens is 1. The van der Waals surface area contributed by atoms with E-state index >= 15 is 0 Å². The fourth-order valence-corrected chi connectivity index (χ4v) is 7.44. The molecule has 3 N–H and O–H groups in total. The second-order valence-electron chi connectivity index (χ2n) is 16.4. The highest BCUT2D eigenvalue weighted by molar-refractivity contribution is 7.47. The van der Waals surface area contributed by atoms with Crippen LogP contribution in [0.25, 0.3) is 0 Å². The molecule has 0 saturated heterocycles. The number of phosphoric acid groups is 1. The molecule has 344 valence electrons. The van der Waals surface area contributed by atoms with E-state index in [0.717, 1.165) is 24.1 Å². The van der Waals surface area contributed by atoms with Crippen LogP contribution in [-0.2, 0) is 43.8 Å². The van der Waals surface area contributed by atoms with Crippen LogP contribution in [0.2, 0.25) is 10.0 Å². The van der Waals surface area contributed by atoms with Gasteiger partial charge in [-0.05, 0) is 43.0 Å². The number of rotatable bonds is 39. The van der Waals surface area contributed by atoms with Crippen molar-refractivity contribution in [3.05, 3.63) is 58.1 Å². The standard InChI is InChI=1S/C45H76Cl2N3O9P/c1-5-6-7-8-9-10-11-12-13-14-15-16-17-18-22-31-54-37-56-35-40(36-59-60(52,53)58-33-30-50(2,3)4)57-38-55-32-23-21-29-48-44(51)34-39-25-19-20-28-43(39)49-45-41(46)26-24-27-42(45)47/h19-20,24-28,40,49H,5-18,21-23,29-38H2,1-4H3,(H-,48,51,52,53)/p+1. The Labute approximate surface area is 371 Å². The van der Waals surface area contributed by atoms with Crippen molar-refractivity contribution in [2.24, 2.45) is 0 Å². The van der Waals surface area contributed by atoms with Crippen LogP contribution in [0.5, 0.6) is 0 Å². The van der Waals surface area contributed by atoms with Crippen molar-refractivity contribution >= 4 is 48.3 Å². The average molecular weight is 906 g/mol. The number of ether oxygens (including phenoxy) is 4. The first-order valence-electron chi connectivity index (χ1n) is 22.2. The third-order valence-corrected chi connectivity index (χ3v) is 11.4. The number of unbranched alkanes of at least 4 members (excludes halogenated alkanes) is 15. The van der Waals surface area contributed by atoms with Crippen LogP contribution in [0.15, 0.2) is 42.5 Å². The Morgan fingerprint density at radius 3 is 1.88 bits per heavy atom. The molecule has 0 aliphatic rings. The first kappa shape index (κ1) is 54.3. The number of hydrogen-bond donors (Lipinski definition) is 3. The SMILES string of the molecule is CCCCCCCCCCCCCCCCCOCOCC(COP(=O)(O)OCC[N+](C)(C)C)OCOCCCCNC(=O)Cc1ccccc1Nc1c(Cl)cccc1Cl. The summed E-state index contributed by atoms with van der Waals surface area (Å²) in [7, 11) is 1.61. The van der Waals surface area contributed by atoms with Crippen LogP contribution in [0, 0.1) is 0 Å². The molecule has 0 saturated carbocycles. The van der Waals surface area contributed by atoms with Crippen LogP contribution in [0.3, 0.4) is 0 Å². The molecule has 60 heavy (non-hydrogen) atoms. The van der Waals surface area contributed by atoms with E-state index < -0.39 is 13.9 Å². The highest BCUT2D eigenvalue weighted by Gasteiger charge is 2.25. The summed E-state index contributed by atoms with van der Waals surface area (Å²) in [6.45, 7) is 4.23. The minimum absolute atomic E-state index is 0.0684. The third-order valence-electron chi connectivity index (χ3n) is 9.82. The van der Waals surface area contributed by atoms with Crippen LogP contribution in [0.4, 0.5) is 11.4 Å². The number of anilines is 2. The summed E-state index contributed by atoms with van der Waals surface area (Å²) in [4.78, 5) is 23.0. The molecular weight excluding hydrogens is 828 g/mol. The van der Waals surface area contributed by atoms with Gasteiger partial charge in [-0.1, -0.05) is 144 Å². The predicted molar refractivity (Wildman–Crippen MR) is 244 cm³/mol. The number of amides is 1. The normalized spacial score (nSPS) is 13.3. The molecule has 12 nitrogen and oxygen atoms in total. The lowest BCUT2D eigenvalue weighted by Gasteiger charge is -2.24. The van der Waals surface area contributed by atoms with E-state index in [1.807, 2.05) is 45.4 Å². The maximum atomic E-state index is 12.7. The highest BCUT2D eigenvalue weighted by Crippen LogP contribution is 2.43. The molecule has 0 fully saturated rings. The van der Waals surface area contributed by atoms with Gasteiger partial charge in [-0.15, -0.1) is 0 Å². The van der Waals surface area contributed by atoms with Gasteiger partial charge in [0, 0.05) is 25.4 Å². The molecule has 0 radical (unpaired) electrons. The number of benzene rings is 2. The molecule has 1 amide bonds. The van der Waals surface area contributed by atoms with Gasteiger partial charge in [0.25, 0.3) is 0 Å². The Hall–Kier alpha value is -1.80. The van der Waals surface area contributed by atoms with E-state index in [9.17, 15) is 14.3 Å². The Kier molecular flexibility index (Phi) is 30.5. The van der Waals surface area contributed by atoms with Gasteiger partial charge < -0.3 is 39.0 Å². The number of para-hydroxylation sites is 2. The van der Waals surface area contributed by atoms with E-state index in [1.165, 1.54) is 83.5 Å². The maximum Gasteiger partial charge on any atom is 0.472 e. The molecule has 0 heterocycles. The number of carbonyl (C=O) groups excluding carboxylic acids is 1. The van der Waals surface area contributed by atoms with Crippen molar-refractivity contribution in [3.63, 3.8) is 0 Å². The molecule has 2 unspecified atom stereocenters. The third kappa shape index (κ3) is 28.7. The van der Waals surface area contributed by atoms with Gasteiger partial charge in [0.15, 0.2) is 0 Å². The molecule has 2 rings (SSSR count).